The number of amides is 2. The van der Waals surface area contributed by atoms with Crippen LogP contribution in [0.25, 0.3) is 11.3 Å². The van der Waals surface area contributed by atoms with Gasteiger partial charge in [0.2, 0.25) is 0 Å². The van der Waals surface area contributed by atoms with Crippen LogP contribution in [0, 0.1) is 33.8 Å². The fourth-order valence-electron chi connectivity index (χ4n) is 4.86. The van der Waals surface area contributed by atoms with E-state index in [9.17, 15) is 19.7 Å². The smallest absolute Gasteiger partial charge is 0.270 e. The van der Waals surface area contributed by atoms with E-state index in [2.05, 4.69) is 17.3 Å². The van der Waals surface area contributed by atoms with E-state index < -0.39 is 4.92 Å². The van der Waals surface area contributed by atoms with Crippen LogP contribution < -0.4 is 4.74 Å². The Morgan fingerprint density at radius 1 is 1.13 bits per heavy atom. The summed E-state index contributed by atoms with van der Waals surface area (Å²) in [6.07, 6.45) is 7.27. The van der Waals surface area contributed by atoms with Gasteiger partial charge in [0.05, 0.1) is 35.6 Å². The van der Waals surface area contributed by atoms with Gasteiger partial charge < -0.3 is 9.15 Å². The maximum absolute atomic E-state index is 12.8. The number of hydrazone groups is 1. The van der Waals surface area contributed by atoms with Gasteiger partial charge in [-0.1, -0.05) is 12.2 Å². The van der Waals surface area contributed by atoms with E-state index in [4.69, 9.17) is 9.15 Å². The summed E-state index contributed by atoms with van der Waals surface area (Å²) in [6, 6.07) is 7.44. The molecule has 0 spiro atoms. The number of nitro groups is 1. The highest BCUT2D eigenvalue weighted by atomic mass is 16.6. The van der Waals surface area contributed by atoms with E-state index in [0.717, 1.165) is 17.9 Å². The van der Waals surface area contributed by atoms with Crippen LogP contribution in [-0.2, 0) is 9.59 Å². The number of imide groups is 1. The van der Waals surface area contributed by atoms with Crippen LogP contribution in [0.5, 0.6) is 5.75 Å². The number of benzene rings is 1. The first-order valence-electron chi connectivity index (χ1n) is 10.0. The molecule has 1 aromatic carbocycles. The van der Waals surface area contributed by atoms with E-state index in [1.54, 1.807) is 12.1 Å². The molecule has 9 heteroatoms. The largest absolute Gasteiger partial charge is 0.496 e. The zero-order chi connectivity index (χ0) is 21.7. The van der Waals surface area contributed by atoms with Gasteiger partial charge in [-0.05, 0) is 42.9 Å². The van der Waals surface area contributed by atoms with Gasteiger partial charge in [0.1, 0.15) is 17.3 Å². The van der Waals surface area contributed by atoms with Crippen LogP contribution in [0.2, 0.25) is 0 Å². The molecule has 0 unspecified atom stereocenters. The SMILES string of the molecule is COc1ccc([N+](=O)[O-])cc1-c1ccc(/C=N\N2C(=O)[C@H]3[C@H](C2=O)[C@@H]2C=C[C@@H]3CC2)o1. The van der Waals surface area contributed by atoms with Crippen LogP contribution in [0.15, 0.2) is 52.0 Å². The van der Waals surface area contributed by atoms with Gasteiger partial charge in [-0.25, -0.2) is 0 Å². The number of fused-ring (bicyclic) bond motifs is 1. The van der Waals surface area contributed by atoms with E-state index in [0.29, 0.717) is 22.8 Å². The lowest BCUT2D eigenvalue weighted by molar-refractivity contribution is -0.384. The number of hydrogen-bond donors (Lipinski definition) is 0. The summed E-state index contributed by atoms with van der Waals surface area (Å²) in [5, 5.41) is 16.2. The normalized spacial score (nSPS) is 26.7. The highest BCUT2D eigenvalue weighted by Gasteiger charge is 2.56. The van der Waals surface area contributed by atoms with Gasteiger partial charge in [-0.15, -0.1) is 0 Å². The molecule has 9 nitrogen and oxygen atoms in total. The van der Waals surface area contributed by atoms with Crippen molar-refractivity contribution in [3.05, 3.63) is 58.4 Å². The minimum absolute atomic E-state index is 0.0958. The van der Waals surface area contributed by atoms with Gasteiger partial charge in [-0.2, -0.15) is 10.1 Å². The topological polar surface area (TPSA) is 115 Å². The quantitative estimate of drug-likeness (QED) is 0.240. The molecule has 4 aliphatic rings. The summed E-state index contributed by atoms with van der Waals surface area (Å²) in [7, 11) is 1.46. The van der Waals surface area contributed by atoms with Gasteiger partial charge >= 0.3 is 0 Å². The Bertz CT molecular complexity index is 1120. The summed E-state index contributed by atoms with van der Waals surface area (Å²) in [5.41, 5.74) is 0.319. The van der Waals surface area contributed by atoms with E-state index in [1.165, 1.54) is 31.5 Å². The predicted octanol–water partition coefficient (Wildman–Crippen LogP) is 3.39. The Morgan fingerprint density at radius 3 is 2.39 bits per heavy atom. The second kappa shape index (κ2) is 7.19. The highest BCUT2D eigenvalue weighted by molar-refractivity contribution is 6.06. The second-order valence-corrected chi connectivity index (χ2v) is 7.92. The average Bonchev–Trinajstić information content (AvgIpc) is 3.36. The molecule has 1 saturated heterocycles. The van der Waals surface area contributed by atoms with Crippen molar-refractivity contribution in [3.8, 4) is 17.1 Å². The van der Waals surface area contributed by atoms with Crippen molar-refractivity contribution >= 4 is 23.7 Å². The second-order valence-electron chi connectivity index (χ2n) is 7.92. The van der Waals surface area contributed by atoms with Crippen LogP contribution in [0.3, 0.4) is 0 Å². The molecule has 2 aromatic rings. The van der Waals surface area contributed by atoms with Crippen molar-refractivity contribution in [3.63, 3.8) is 0 Å². The van der Waals surface area contributed by atoms with Crippen LogP contribution in [-0.4, -0.2) is 35.1 Å². The van der Waals surface area contributed by atoms with Crippen molar-refractivity contribution < 1.29 is 23.7 Å². The number of rotatable bonds is 5. The molecule has 158 valence electrons. The molecule has 6 rings (SSSR count). The maximum Gasteiger partial charge on any atom is 0.270 e. The van der Waals surface area contributed by atoms with Crippen LogP contribution >= 0.6 is 0 Å². The molecule has 1 aliphatic heterocycles. The summed E-state index contributed by atoms with van der Waals surface area (Å²) in [5.74, 6) is 0.0863. The van der Waals surface area contributed by atoms with Crippen LogP contribution in [0.4, 0.5) is 5.69 Å². The predicted molar refractivity (Wildman–Crippen MR) is 109 cm³/mol. The number of ether oxygens (including phenoxy) is 1. The molecule has 1 aromatic heterocycles. The summed E-state index contributed by atoms with van der Waals surface area (Å²) in [4.78, 5) is 36.2. The number of methoxy groups -OCH3 is 1. The van der Waals surface area contributed by atoms with E-state index in [-0.39, 0.29) is 41.2 Å². The Morgan fingerprint density at radius 2 is 1.81 bits per heavy atom. The first-order valence-corrected chi connectivity index (χ1v) is 10.0. The van der Waals surface area contributed by atoms with Crippen molar-refractivity contribution in [2.45, 2.75) is 12.8 Å². The number of hydrogen-bond acceptors (Lipinski definition) is 7. The minimum Gasteiger partial charge on any atom is -0.496 e. The molecule has 2 bridgehead atoms. The first-order chi connectivity index (χ1) is 15.0. The third-order valence-corrected chi connectivity index (χ3v) is 6.32. The fourth-order valence-corrected chi connectivity index (χ4v) is 4.86. The molecule has 2 amide bonds. The molecule has 3 aliphatic carbocycles. The lowest BCUT2D eigenvalue weighted by Crippen LogP contribution is -2.38. The monoisotopic (exact) mass is 421 g/mol. The van der Waals surface area contributed by atoms with Gasteiger partial charge in [0, 0.05) is 12.1 Å². The average molecular weight is 421 g/mol. The Balaban J connectivity index is 1.40. The molecule has 0 radical (unpaired) electrons. The summed E-state index contributed by atoms with van der Waals surface area (Å²) in [6.45, 7) is 0. The first kappa shape index (κ1) is 19.2. The minimum atomic E-state index is -0.500. The van der Waals surface area contributed by atoms with Gasteiger partial charge in [0.25, 0.3) is 17.5 Å². The molecule has 1 saturated carbocycles. The molecule has 0 N–H and O–H groups in total. The molecule has 2 heterocycles. The molecular formula is C22H19N3O6. The zero-order valence-electron chi connectivity index (χ0n) is 16.6. The number of nitro benzene ring substituents is 1. The maximum atomic E-state index is 12.8. The zero-order valence-corrected chi connectivity index (χ0v) is 16.6. The summed E-state index contributed by atoms with van der Waals surface area (Å²) >= 11 is 0. The number of carbonyl (C=O) groups excluding carboxylic acids is 2. The number of nitrogens with zero attached hydrogens (tertiary/aromatic N) is 3. The van der Waals surface area contributed by atoms with Crippen molar-refractivity contribution in [1.82, 2.24) is 5.01 Å². The standard InChI is InChI=1S/C22H19N3O6/c1-30-17-8-6-14(25(28)29)10-16(17)18-9-7-15(31-18)11-23-24-21(26)19-12-2-3-13(5-4-12)20(19)22(24)27/h2-3,6-13,19-20H,4-5H2,1H3/b23-11-/t12-,13-,19-,20-/m1/s1. The van der Waals surface area contributed by atoms with Crippen molar-refractivity contribution in [2.75, 3.05) is 7.11 Å². The number of allylic oxidation sites excluding steroid dienone is 2. The molecule has 4 atom stereocenters. The highest BCUT2D eigenvalue weighted by Crippen LogP contribution is 2.49. The fraction of sp³-hybridized carbons (Fsp3) is 0.318. The third kappa shape index (κ3) is 3.04. The van der Waals surface area contributed by atoms with E-state index in [1.807, 2.05) is 0 Å². The van der Waals surface area contributed by atoms with E-state index >= 15 is 0 Å². The number of furan rings is 1. The van der Waals surface area contributed by atoms with Crippen molar-refractivity contribution in [2.24, 2.45) is 28.8 Å². The van der Waals surface area contributed by atoms with Crippen LogP contribution in [0.1, 0.15) is 18.6 Å². The van der Waals surface area contributed by atoms with Gasteiger partial charge in [-0.3, -0.25) is 19.7 Å². The lowest BCUT2D eigenvalue weighted by Gasteiger charge is -2.37. The third-order valence-electron chi connectivity index (χ3n) is 6.32. The number of non-ortho nitro benzene ring substituents is 1. The molecule has 31 heavy (non-hydrogen) atoms. The van der Waals surface area contributed by atoms with Gasteiger partial charge in [0.15, 0.2) is 0 Å². The Kier molecular flexibility index (Phi) is 4.46. The Hall–Kier alpha value is -3.75. The Labute approximate surface area is 177 Å². The lowest BCUT2D eigenvalue weighted by atomic mass is 9.63. The van der Waals surface area contributed by atoms with Crippen molar-refractivity contribution in [1.29, 1.82) is 0 Å². The molecule has 2 fully saturated rings. The number of carbonyl (C=O) groups is 2. The summed E-state index contributed by atoms with van der Waals surface area (Å²) < 4.78 is 11.0. The molecular weight excluding hydrogens is 402 g/mol.